The van der Waals surface area contributed by atoms with E-state index in [-0.39, 0.29) is 5.56 Å². The Bertz CT molecular complexity index is 472. The number of benzene rings is 1. The van der Waals surface area contributed by atoms with Crippen LogP contribution in [0.15, 0.2) is 23.4 Å². The number of oxime groups is 1. The fourth-order valence-corrected chi connectivity index (χ4v) is 1.75. The molecule has 4 nitrogen and oxygen atoms in total. The maximum Gasteiger partial charge on any atom is 0.417 e. The van der Waals surface area contributed by atoms with Gasteiger partial charge in [-0.1, -0.05) is 12.1 Å². The Kier molecular flexibility index (Phi) is 4.63. The van der Waals surface area contributed by atoms with Crippen LogP contribution in [0.1, 0.15) is 24.5 Å². The van der Waals surface area contributed by atoms with Gasteiger partial charge in [0.15, 0.2) is 5.84 Å². The molecule has 0 aliphatic rings. The molecular weight excluding hydrogens is 259 g/mol. The summed E-state index contributed by atoms with van der Waals surface area (Å²) in [5.74, 6) is -0.558. The van der Waals surface area contributed by atoms with Gasteiger partial charge in [0.05, 0.1) is 5.56 Å². The van der Waals surface area contributed by atoms with E-state index in [0.29, 0.717) is 12.2 Å². The van der Waals surface area contributed by atoms with Crippen LogP contribution in [-0.2, 0) is 6.18 Å². The molecular formula is C12H16F3N3O. The van der Waals surface area contributed by atoms with Crippen molar-refractivity contribution in [1.29, 1.82) is 0 Å². The summed E-state index contributed by atoms with van der Waals surface area (Å²) in [5, 5.41) is 11.2. The minimum Gasteiger partial charge on any atom is -0.409 e. The highest BCUT2D eigenvalue weighted by Gasteiger charge is 2.34. The molecule has 0 fully saturated rings. The van der Waals surface area contributed by atoms with Crippen LogP contribution in [0.5, 0.6) is 0 Å². The molecule has 0 aliphatic heterocycles. The molecule has 0 saturated carbocycles. The maximum absolute atomic E-state index is 13.0. The summed E-state index contributed by atoms with van der Waals surface area (Å²) in [6, 6.07) is 3.72. The van der Waals surface area contributed by atoms with E-state index in [1.165, 1.54) is 12.1 Å². The van der Waals surface area contributed by atoms with E-state index in [2.05, 4.69) is 5.16 Å². The van der Waals surface area contributed by atoms with Crippen molar-refractivity contribution in [3.63, 3.8) is 0 Å². The molecule has 0 aromatic heterocycles. The zero-order valence-corrected chi connectivity index (χ0v) is 10.7. The fraction of sp³-hybridized carbons (Fsp3) is 0.417. The van der Waals surface area contributed by atoms with Gasteiger partial charge in [-0.25, -0.2) is 0 Å². The summed E-state index contributed by atoms with van der Waals surface area (Å²) in [6.45, 7) is 2.58. The van der Waals surface area contributed by atoms with E-state index in [4.69, 9.17) is 10.9 Å². The van der Waals surface area contributed by atoms with Gasteiger partial charge >= 0.3 is 6.18 Å². The second kappa shape index (κ2) is 5.81. The summed E-state index contributed by atoms with van der Waals surface area (Å²) < 4.78 is 38.9. The maximum atomic E-state index is 13.0. The van der Waals surface area contributed by atoms with Crippen molar-refractivity contribution in [2.24, 2.45) is 10.9 Å². The Morgan fingerprint density at radius 1 is 1.42 bits per heavy atom. The molecule has 106 valence electrons. The molecule has 0 unspecified atom stereocenters. The Labute approximate surface area is 109 Å². The summed E-state index contributed by atoms with van der Waals surface area (Å²) >= 11 is 0. The minimum atomic E-state index is -4.56. The monoisotopic (exact) mass is 275 g/mol. The zero-order valence-electron chi connectivity index (χ0n) is 10.7. The van der Waals surface area contributed by atoms with Crippen LogP contribution in [0.3, 0.4) is 0 Å². The number of nitrogens with two attached hydrogens (primary N) is 1. The van der Waals surface area contributed by atoms with Gasteiger partial charge in [0.2, 0.25) is 0 Å². The van der Waals surface area contributed by atoms with Gasteiger partial charge < -0.3 is 15.8 Å². The third-order valence-corrected chi connectivity index (χ3v) is 2.69. The summed E-state index contributed by atoms with van der Waals surface area (Å²) in [4.78, 5) is 1.71. The number of alkyl halides is 3. The van der Waals surface area contributed by atoms with E-state index < -0.39 is 17.6 Å². The van der Waals surface area contributed by atoms with E-state index in [1.807, 2.05) is 6.92 Å². The van der Waals surface area contributed by atoms with Gasteiger partial charge in [-0.15, -0.1) is 0 Å². The molecule has 1 aromatic carbocycles. The highest BCUT2D eigenvalue weighted by atomic mass is 19.4. The number of anilines is 1. The molecule has 0 heterocycles. The predicted molar refractivity (Wildman–Crippen MR) is 67.5 cm³/mol. The smallest absolute Gasteiger partial charge is 0.409 e. The first-order valence-electron chi connectivity index (χ1n) is 5.71. The Morgan fingerprint density at radius 3 is 2.53 bits per heavy atom. The lowest BCUT2D eigenvalue weighted by Crippen LogP contribution is -2.22. The van der Waals surface area contributed by atoms with Crippen LogP contribution in [0.25, 0.3) is 0 Å². The molecule has 3 N–H and O–H groups in total. The summed E-state index contributed by atoms with van der Waals surface area (Å²) in [5.41, 5.74) is 4.45. The summed E-state index contributed by atoms with van der Waals surface area (Å²) in [6.07, 6.45) is -3.74. The van der Waals surface area contributed by atoms with Crippen molar-refractivity contribution in [2.75, 3.05) is 18.5 Å². The highest BCUT2D eigenvalue weighted by molar-refractivity contribution is 5.99. The number of rotatable bonds is 4. The van der Waals surface area contributed by atoms with Crippen molar-refractivity contribution in [3.05, 3.63) is 29.3 Å². The second-order valence-electron chi connectivity index (χ2n) is 4.13. The Morgan fingerprint density at radius 2 is 2.05 bits per heavy atom. The van der Waals surface area contributed by atoms with Crippen molar-refractivity contribution in [3.8, 4) is 0 Å². The molecule has 0 radical (unpaired) electrons. The van der Waals surface area contributed by atoms with Gasteiger partial charge in [-0.3, -0.25) is 0 Å². The first-order valence-corrected chi connectivity index (χ1v) is 5.71. The molecule has 1 aromatic rings. The molecule has 0 bridgehead atoms. The van der Waals surface area contributed by atoms with Crippen LogP contribution in [0, 0.1) is 0 Å². The van der Waals surface area contributed by atoms with Gasteiger partial charge in [0, 0.05) is 24.8 Å². The van der Waals surface area contributed by atoms with Crippen molar-refractivity contribution in [2.45, 2.75) is 19.5 Å². The van der Waals surface area contributed by atoms with E-state index in [0.717, 1.165) is 12.5 Å². The second-order valence-corrected chi connectivity index (χ2v) is 4.13. The van der Waals surface area contributed by atoms with Gasteiger partial charge in [-0.05, 0) is 24.6 Å². The third-order valence-electron chi connectivity index (χ3n) is 2.69. The average molecular weight is 275 g/mol. The standard InChI is InChI=1S/C12H16F3N3O/c1-3-6-18(2)8-4-5-9(11(16)17-19)10(7-8)12(13,14)15/h4-5,7,19H,3,6H2,1-2H3,(H2,16,17). The topological polar surface area (TPSA) is 61.8 Å². The molecule has 0 aliphatic carbocycles. The van der Waals surface area contributed by atoms with Gasteiger partial charge in [0.1, 0.15) is 0 Å². The molecule has 0 atom stereocenters. The first-order chi connectivity index (χ1) is 8.81. The number of hydrogen-bond donors (Lipinski definition) is 2. The lowest BCUT2D eigenvalue weighted by atomic mass is 10.0. The third kappa shape index (κ3) is 3.52. The first kappa shape index (κ1) is 15.1. The molecule has 1 rings (SSSR count). The lowest BCUT2D eigenvalue weighted by molar-refractivity contribution is -0.137. The predicted octanol–water partition coefficient (Wildman–Crippen LogP) is 2.65. The molecule has 0 saturated heterocycles. The van der Waals surface area contributed by atoms with Crippen molar-refractivity contribution >= 4 is 11.5 Å². The van der Waals surface area contributed by atoms with Gasteiger partial charge in [0.25, 0.3) is 0 Å². The van der Waals surface area contributed by atoms with Crippen molar-refractivity contribution in [1.82, 2.24) is 0 Å². The van der Waals surface area contributed by atoms with Crippen LogP contribution in [-0.4, -0.2) is 24.6 Å². The Hall–Kier alpha value is -1.92. The Balaban J connectivity index is 3.31. The minimum absolute atomic E-state index is 0.330. The van der Waals surface area contributed by atoms with Crippen LogP contribution in [0.4, 0.5) is 18.9 Å². The summed E-state index contributed by atoms with van der Waals surface area (Å²) in [7, 11) is 1.71. The average Bonchev–Trinajstić information content (AvgIpc) is 2.36. The molecule has 7 heteroatoms. The molecule has 0 spiro atoms. The van der Waals surface area contributed by atoms with Crippen LogP contribution < -0.4 is 10.6 Å². The van der Waals surface area contributed by atoms with Crippen molar-refractivity contribution < 1.29 is 18.4 Å². The highest BCUT2D eigenvalue weighted by Crippen LogP contribution is 2.34. The zero-order chi connectivity index (χ0) is 14.6. The molecule has 19 heavy (non-hydrogen) atoms. The van der Waals surface area contributed by atoms with Crippen LogP contribution >= 0.6 is 0 Å². The number of nitrogens with zero attached hydrogens (tertiary/aromatic N) is 2. The molecule has 0 amide bonds. The van der Waals surface area contributed by atoms with E-state index >= 15 is 0 Å². The number of amidine groups is 1. The van der Waals surface area contributed by atoms with E-state index in [1.54, 1.807) is 11.9 Å². The number of halogens is 3. The normalized spacial score (nSPS) is 12.6. The fourth-order valence-electron chi connectivity index (χ4n) is 1.75. The number of hydrogen-bond acceptors (Lipinski definition) is 3. The largest absolute Gasteiger partial charge is 0.417 e. The lowest BCUT2D eigenvalue weighted by Gasteiger charge is -2.21. The van der Waals surface area contributed by atoms with Crippen LogP contribution in [0.2, 0.25) is 0 Å². The van der Waals surface area contributed by atoms with E-state index in [9.17, 15) is 13.2 Å². The quantitative estimate of drug-likeness (QED) is 0.384. The van der Waals surface area contributed by atoms with Gasteiger partial charge in [-0.2, -0.15) is 13.2 Å². The SMILES string of the molecule is CCCN(C)c1ccc(/C(N)=N/O)c(C(F)(F)F)c1.